The van der Waals surface area contributed by atoms with E-state index in [1.165, 1.54) is 32.1 Å². The number of unbranched alkanes of at least 4 members (excludes halogenated alkanes) is 7. The van der Waals surface area contributed by atoms with Crippen molar-refractivity contribution in [2.24, 2.45) is 0 Å². The van der Waals surface area contributed by atoms with Crippen molar-refractivity contribution in [2.75, 3.05) is 6.61 Å². The molecule has 5 heteroatoms. The van der Waals surface area contributed by atoms with Gasteiger partial charge in [-0.25, -0.2) is 18.7 Å². The van der Waals surface area contributed by atoms with Gasteiger partial charge in [-0.05, 0) is 50.3 Å². The molecule has 0 radical (unpaired) electrons. The molecule has 0 saturated heterocycles. The molecular formula is C25H36F2N2O. The number of aryl methyl sites for hydroxylation is 1. The van der Waals surface area contributed by atoms with Crippen LogP contribution in [0.25, 0.3) is 11.4 Å². The first-order chi connectivity index (χ1) is 14.6. The minimum absolute atomic E-state index is 0.314. The summed E-state index contributed by atoms with van der Waals surface area (Å²) < 4.78 is 33.0. The van der Waals surface area contributed by atoms with Crippen LogP contribution in [0.1, 0.15) is 83.6 Å². The third-order valence-electron chi connectivity index (χ3n) is 5.24. The zero-order valence-electron chi connectivity index (χ0n) is 18.5. The van der Waals surface area contributed by atoms with Crippen molar-refractivity contribution in [3.63, 3.8) is 0 Å². The second kappa shape index (κ2) is 14.1. The van der Waals surface area contributed by atoms with E-state index in [-0.39, 0.29) is 5.82 Å². The SMILES string of the molecule is CCCCCCCCOc1cnc(-c2ccc(CCCCCC(C)F)cc2F)nc1. The molecule has 0 fully saturated rings. The molecule has 0 bridgehead atoms. The first-order valence-electron chi connectivity index (χ1n) is 11.5. The molecule has 2 rings (SSSR count). The molecule has 0 saturated carbocycles. The third kappa shape index (κ3) is 9.19. The van der Waals surface area contributed by atoms with Gasteiger partial charge in [0, 0.05) is 0 Å². The summed E-state index contributed by atoms with van der Waals surface area (Å²) in [4.78, 5) is 8.54. The smallest absolute Gasteiger partial charge is 0.162 e. The van der Waals surface area contributed by atoms with E-state index in [0.29, 0.717) is 30.2 Å². The van der Waals surface area contributed by atoms with Crippen molar-refractivity contribution < 1.29 is 13.5 Å². The summed E-state index contributed by atoms with van der Waals surface area (Å²) in [6.45, 7) is 4.46. The molecule has 166 valence electrons. The number of nitrogens with zero attached hydrogens (tertiary/aromatic N) is 2. The molecule has 0 spiro atoms. The van der Waals surface area contributed by atoms with Gasteiger partial charge in [0.15, 0.2) is 11.6 Å². The van der Waals surface area contributed by atoms with Crippen molar-refractivity contribution in [3.05, 3.63) is 42.0 Å². The van der Waals surface area contributed by atoms with Crippen molar-refractivity contribution in [2.45, 2.75) is 90.6 Å². The average Bonchev–Trinajstić information content (AvgIpc) is 2.73. The molecule has 0 amide bonds. The van der Waals surface area contributed by atoms with E-state index in [1.807, 2.05) is 6.07 Å². The van der Waals surface area contributed by atoms with Crippen molar-refractivity contribution >= 4 is 0 Å². The maximum absolute atomic E-state index is 14.5. The molecular weight excluding hydrogens is 382 g/mol. The van der Waals surface area contributed by atoms with Crippen LogP contribution in [0.5, 0.6) is 5.75 Å². The van der Waals surface area contributed by atoms with Gasteiger partial charge in [0.25, 0.3) is 0 Å². The molecule has 0 aliphatic rings. The fraction of sp³-hybridized carbons (Fsp3) is 0.600. The Labute approximate surface area is 180 Å². The fourth-order valence-corrected chi connectivity index (χ4v) is 3.43. The minimum atomic E-state index is -0.742. The lowest BCUT2D eigenvalue weighted by atomic mass is 10.0. The summed E-state index contributed by atoms with van der Waals surface area (Å²) in [6.07, 6.45) is 13.9. The number of alkyl halides is 1. The van der Waals surface area contributed by atoms with Crippen LogP contribution in [0, 0.1) is 5.82 Å². The van der Waals surface area contributed by atoms with Gasteiger partial charge in [-0.1, -0.05) is 57.9 Å². The molecule has 0 N–H and O–H groups in total. The van der Waals surface area contributed by atoms with Crippen LogP contribution in [0.15, 0.2) is 30.6 Å². The first-order valence-corrected chi connectivity index (χ1v) is 11.5. The van der Waals surface area contributed by atoms with Gasteiger partial charge in [-0.15, -0.1) is 0 Å². The predicted octanol–water partition coefficient (Wildman–Crippen LogP) is 7.48. The van der Waals surface area contributed by atoms with Crippen LogP contribution < -0.4 is 4.74 Å². The first kappa shape index (κ1) is 24.2. The summed E-state index contributed by atoms with van der Waals surface area (Å²) in [5, 5.41) is 0. The quantitative estimate of drug-likeness (QED) is 0.281. The Morgan fingerprint density at radius 3 is 2.33 bits per heavy atom. The highest BCUT2D eigenvalue weighted by Crippen LogP contribution is 2.22. The highest BCUT2D eigenvalue weighted by molar-refractivity contribution is 5.56. The summed E-state index contributed by atoms with van der Waals surface area (Å²) in [6, 6.07) is 5.21. The molecule has 1 atom stereocenters. The van der Waals surface area contributed by atoms with Crippen LogP contribution in [-0.4, -0.2) is 22.7 Å². The normalized spacial score (nSPS) is 12.1. The highest BCUT2D eigenvalue weighted by atomic mass is 19.1. The van der Waals surface area contributed by atoms with Gasteiger partial charge in [0.2, 0.25) is 0 Å². The number of ether oxygens (including phenoxy) is 1. The van der Waals surface area contributed by atoms with Gasteiger partial charge in [0.05, 0.1) is 30.7 Å². The minimum Gasteiger partial charge on any atom is -0.490 e. The van der Waals surface area contributed by atoms with Crippen LogP contribution in [0.4, 0.5) is 8.78 Å². The Kier molecular flexibility index (Phi) is 11.3. The Hall–Kier alpha value is -2.04. The van der Waals surface area contributed by atoms with Crippen molar-refractivity contribution in [1.82, 2.24) is 9.97 Å². The number of rotatable bonds is 15. The molecule has 1 aromatic heterocycles. The lowest BCUT2D eigenvalue weighted by Crippen LogP contribution is -2.00. The molecule has 0 aliphatic carbocycles. The van der Waals surface area contributed by atoms with E-state index in [2.05, 4.69) is 16.9 Å². The topological polar surface area (TPSA) is 35.0 Å². The number of benzene rings is 1. The summed E-state index contributed by atoms with van der Waals surface area (Å²) >= 11 is 0. The molecule has 1 heterocycles. The Bertz CT molecular complexity index is 720. The average molecular weight is 419 g/mol. The maximum atomic E-state index is 14.5. The second-order valence-corrected chi connectivity index (χ2v) is 8.05. The largest absolute Gasteiger partial charge is 0.490 e. The lowest BCUT2D eigenvalue weighted by Gasteiger charge is -2.08. The van der Waals surface area contributed by atoms with Gasteiger partial charge in [-0.2, -0.15) is 0 Å². The number of hydrogen-bond donors (Lipinski definition) is 0. The van der Waals surface area contributed by atoms with E-state index in [0.717, 1.165) is 37.7 Å². The molecule has 30 heavy (non-hydrogen) atoms. The van der Waals surface area contributed by atoms with Gasteiger partial charge in [0.1, 0.15) is 5.82 Å². The van der Waals surface area contributed by atoms with Crippen molar-refractivity contribution in [1.29, 1.82) is 0 Å². The molecule has 0 aliphatic heterocycles. The Morgan fingerprint density at radius 1 is 0.933 bits per heavy atom. The standard InChI is InChI=1S/C25H36F2N2O/c1-3-4-5-6-7-11-16-30-22-18-28-25(29-19-22)23-15-14-21(17-24(23)27)13-10-8-9-12-20(2)26/h14-15,17-20H,3-13,16H2,1-2H3. The molecule has 2 aromatic rings. The third-order valence-corrected chi connectivity index (χ3v) is 5.24. The number of hydrogen-bond acceptors (Lipinski definition) is 3. The lowest BCUT2D eigenvalue weighted by molar-refractivity contribution is 0.302. The van der Waals surface area contributed by atoms with E-state index < -0.39 is 6.17 Å². The van der Waals surface area contributed by atoms with Crippen molar-refractivity contribution in [3.8, 4) is 17.1 Å². The molecule has 1 aromatic carbocycles. The molecule has 3 nitrogen and oxygen atoms in total. The van der Waals surface area contributed by atoms with Crippen LogP contribution in [0.2, 0.25) is 0 Å². The Balaban J connectivity index is 1.77. The van der Waals surface area contributed by atoms with E-state index in [4.69, 9.17) is 4.74 Å². The predicted molar refractivity (Wildman–Crippen MR) is 119 cm³/mol. The van der Waals surface area contributed by atoms with E-state index >= 15 is 0 Å². The zero-order valence-corrected chi connectivity index (χ0v) is 18.5. The fourth-order valence-electron chi connectivity index (χ4n) is 3.43. The molecule has 1 unspecified atom stereocenters. The van der Waals surface area contributed by atoms with Gasteiger partial charge in [-0.3, -0.25) is 0 Å². The van der Waals surface area contributed by atoms with Crippen LogP contribution in [0.3, 0.4) is 0 Å². The summed E-state index contributed by atoms with van der Waals surface area (Å²) in [5.74, 6) is 0.667. The summed E-state index contributed by atoms with van der Waals surface area (Å²) in [7, 11) is 0. The number of aromatic nitrogens is 2. The van der Waals surface area contributed by atoms with E-state index in [9.17, 15) is 8.78 Å². The van der Waals surface area contributed by atoms with Gasteiger partial charge >= 0.3 is 0 Å². The maximum Gasteiger partial charge on any atom is 0.162 e. The highest BCUT2D eigenvalue weighted by Gasteiger charge is 2.09. The number of halogens is 2. The van der Waals surface area contributed by atoms with E-state index in [1.54, 1.807) is 31.5 Å². The van der Waals surface area contributed by atoms with Crippen LogP contribution in [-0.2, 0) is 6.42 Å². The zero-order chi connectivity index (χ0) is 21.6. The monoisotopic (exact) mass is 418 g/mol. The van der Waals surface area contributed by atoms with Gasteiger partial charge < -0.3 is 4.74 Å². The summed E-state index contributed by atoms with van der Waals surface area (Å²) in [5.41, 5.74) is 1.34. The van der Waals surface area contributed by atoms with Crippen LogP contribution >= 0.6 is 0 Å². The second-order valence-electron chi connectivity index (χ2n) is 8.05. The Morgan fingerprint density at radius 2 is 1.63 bits per heavy atom.